The number of fused-ring (bicyclic) bond motifs is 3. The molecular formula is C20H21N2O3S-. The minimum atomic E-state index is -2.31. The van der Waals surface area contributed by atoms with E-state index in [2.05, 4.69) is 35.2 Å². The van der Waals surface area contributed by atoms with Gasteiger partial charge in [0.05, 0.1) is 0 Å². The second kappa shape index (κ2) is 6.52. The first-order chi connectivity index (χ1) is 12.5. The van der Waals surface area contributed by atoms with Gasteiger partial charge in [-0.1, -0.05) is 37.3 Å². The van der Waals surface area contributed by atoms with Crippen LogP contribution in [0.4, 0.5) is 5.69 Å². The summed E-state index contributed by atoms with van der Waals surface area (Å²) in [6, 6.07) is 14.2. The number of anilines is 1. The van der Waals surface area contributed by atoms with Crippen LogP contribution in [0, 0.1) is 0 Å². The Morgan fingerprint density at radius 2 is 1.88 bits per heavy atom. The Morgan fingerprint density at radius 3 is 2.62 bits per heavy atom. The van der Waals surface area contributed by atoms with E-state index in [9.17, 15) is 13.6 Å². The van der Waals surface area contributed by atoms with Crippen LogP contribution in [0.5, 0.6) is 0 Å². The minimum Gasteiger partial charge on any atom is -0.755 e. The van der Waals surface area contributed by atoms with E-state index in [1.54, 1.807) is 12.1 Å². The van der Waals surface area contributed by atoms with Gasteiger partial charge in [-0.25, -0.2) is 0 Å². The van der Waals surface area contributed by atoms with Gasteiger partial charge in [0.15, 0.2) is 0 Å². The van der Waals surface area contributed by atoms with Gasteiger partial charge in [-0.3, -0.25) is 9.00 Å². The van der Waals surface area contributed by atoms with Gasteiger partial charge in [-0.2, -0.15) is 0 Å². The molecule has 1 fully saturated rings. The van der Waals surface area contributed by atoms with E-state index < -0.39 is 11.3 Å². The molecule has 0 bridgehead atoms. The molecule has 2 aromatic carbocycles. The SMILES string of the molecule is C[C@]12CCC(=O)N[C@@H]1CCc1cc(-c3ccc(NS(=O)[O-])cc3)ccc12. The molecule has 2 aromatic rings. The van der Waals surface area contributed by atoms with E-state index in [-0.39, 0.29) is 17.4 Å². The number of benzene rings is 2. The van der Waals surface area contributed by atoms with Crippen LogP contribution in [0.2, 0.25) is 0 Å². The molecule has 3 atom stereocenters. The number of hydrogen-bond donors (Lipinski definition) is 2. The van der Waals surface area contributed by atoms with Crippen molar-refractivity contribution in [1.29, 1.82) is 0 Å². The molecule has 0 radical (unpaired) electrons. The van der Waals surface area contributed by atoms with E-state index in [1.807, 2.05) is 12.1 Å². The Morgan fingerprint density at radius 1 is 1.15 bits per heavy atom. The maximum absolute atomic E-state index is 11.8. The second-order valence-corrected chi connectivity index (χ2v) is 8.04. The molecule has 1 aliphatic heterocycles. The predicted octanol–water partition coefficient (Wildman–Crippen LogP) is 3.04. The molecule has 136 valence electrons. The third kappa shape index (κ3) is 3.04. The number of nitrogens with one attached hydrogen (secondary N) is 2. The smallest absolute Gasteiger partial charge is 0.220 e. The zero-order valence-electron chi connectivity index (χ0n) is 14.6. The molecule has 2 N–H and O–H groups in total. The molecule has 6 heteroatoms. The van der Waals surface area contributed by atoms with Crippen molar-refractivity contribution in [3.8, 4) is 11.1 Å². The van der Waals surface area contributed by atoms with Crippen LogP contribution in [0.1, 0.15) is 37.3 Å². The van der Waals surface area contributed by atoms with Gasteiger partial charge < -0.3 is 14.6 Å². The molecule has 26 heavy (non-hydrogen) atoms. The highest BCUT2D eigenvalue weighted by molar-refractivity contribution is 7.80. The third-order valence-electron chi connectivity index (χ3n) is 5.82. The number of amides is 1. The molecule has 1 aliphatic carbocycles. The average molecular weight is 369 g/mol. The standard InChI is InChI=1S/C20H22N2O3S/c1-20-11-10-19(23)21-18(20)9-5-15-12-14(4-8-17(15)20)13-2-6-16(7-3-13)22-26(24)25/h2-4,6-8,12,18,22H,5,9-11H2,1H3,(H,21,23)(H,24,25)/p-1/t18-,20-/m1/s1. The molecule has 1 unspecified atom stereocenters. The summed E-state index contributed by atoms with van der Waals surface area (Å²) < 4.78 is 23.8. The fourth-order valence-electron chi connectivity index (χ4n) is 4.35. The van der Waals surface area contributed by atoms with Gasteiger partial charge in [0.1, 0.15) is 0 Å². The van der Waals surface area contributed by atoms with E-state index in [0.29, 0.717) is 12.1 Å². The van der Waals surface area contributed by atoms with Gasteiger partial charge in [-0.15, -0.1) is 0 Å². The average Bonchev–Trinajstić information content (AvgIpc) is 2.62. The molecule has 0 aromatic heterocycles. The Balaban J connectivity index is 1.64. The van der Waals surface area contributed by atoms with E-state index in [1.165, 1.54) is 11.1 Å². The third-order valence-corrected chi connectivity index (χ3v) is 6.22. The molecule has 0 spiro atoms. The molecule has 0 saturated carbocycles. The second-order valence-electron chi connectivity index (χ2n) is 7.36. The van der Waals surface area contributed by atoms with Crippen molar-refractivity contribution in [1.82, 2.24) is 5.32 Å². The highest BCUT2D eigenvalue weighted by atomic mass is 32.2. The number of aryl methyl sites for hydroxylation is 1. The summed E-state index contributed by atoms with van der Waals surface area (Å²) in [5, 5.41) is 3.17. The number of carbonyl (C=O) groups excluding carboxylic acids is 1. The van der Waals surface area contributed by atoms with E-state index >= 15 is 0 Å². The van der Waals surface area contributed by atoms with Crippen LogP contribution in [-0.4, -0.2) is 20.7 Å². The number of carbonyl (C=O) groups is 1. The van der Waals surface area contributed by atoms with Crippen LogP contribution < -0.4 is 10.0 Å². The summed E-state index contributed by atoms with van der Waals surface area (Å²) in [6.07, 6.45) is 3.40. The molecule has 1 heterocycles. The Kier molecular flexibility index (Phi) is 4.32. The monoisotopic (exact) mass is 369 g/mol. The van der Waals surface area contributed by atoms with Gasteiger partial charge in [-0.05, 0) is 53.6 Å². The van der Waals surface area contributed by atoms with Crippen molar-refractivity contribution in [3.63, 3.8) is 0 Å². The first kappa shape index (κ1) is 17.2. The van der Waals surface area contributed by atoms with Crippen molar-refractivity contribution in [3.05, 3.63) is 53.6 Å². The molecule has 5 nitrogen and oxygen atoms in total. The van der Waals surface area contributed by atoms with E-state index in [0.717, 1.165) is 30.4 Å². The van der Waals surface area contributed by atoms with Crippen LogP contribution in [-0.2, 0) is 27.9 Å². The lowest BCUT2D eigenvalue weighted by molar-refractivity contribution is -0.125. The summed E-state index contributed by atoms with van der Waals surface area (Å²) in [6.45, 7) is 2.26. The fraction of sp³-hybridized carbons (Fsp3) is 0.350. The summed E-state index contributed by atoms with van der Waals surface area (Å²) in [7, 11) is 0. The first-order valence-electron chi connectivity index (χ1n) is 8.85. The lowest BCUT2D eigenvalue weighted by Gasteiger charge is -2.46. The highest BCUT2D eigenvalue weighted by Gasteiger charge is 2.43. The molecule has 1 saturated heterocycles. The molecule has 1 amide bonds. The molecular weight excluding hydrogens is 348 g/mol. The Labute approximate surface area is 155 Å². The number of piperidine rings is 1. The summed E-state index contributed by atoms with van der Waals surface area (Å²) >= 11 is -2.31. The minimum absolute atomic E-state index is 0.00594. The quantitative estimate of drug-likeness (QED) is 0.816. The van der Waals surface area contributed by atoms with Gasteiger partial charge in [0, 0.05) is 34.8 Å². The van der Waals surface area contributed by atoms with Crippen molar-refractivity contribution >= 4 is 22.9 Å². The van der Waals surface area contributed by atoms with Gasteiger partial charge in [0.2, 0.25) is 5.91 Å². The fourth-order valence-corrected chi connectivity index (χ4v) is 4.68. The summed E-state index contributed by atoms with van der Waals surface area (Å²) in [5.41, 5.74) is 5.43. The number of hydrogen-bond acceptors (Lipinski definition) is 3. The first-order valence-corrected chi connectivity index (χ1v) is 9.92. The summed E-state index contributed by atoms with van der Waals surface area (Å²) in [4.78, 5) is 11.8. The van der Waals surface area contributed by atoms with Crippen molar-refractivity contribution < 1.29 is 13.6 Å². The summed E-state index contributed by atoms with van der Waals surface area (Å²) in [5.74, 6) is 0.167. The van der Waals surface area contributed by atoms with Crippen LogP contribution in [0.25, 0.3) is 11.1 Å². The van der Waals surface area contributed by atoms with Gasteiger partial charge in [0.25, 0.3) is 0 Å². The Hall–Kier alpha value is -2.18. The topological polar surface area (TPSA) is 81.3 Å². The van der Waals surface area contributed by atoms with Crippen molar-refractivity contribution in [2.45, 2.75) is 44.1 Å². The normalized spacial score (nSPS) is 25.6. The lowest BCUT2D eigenvalue weighted by Crippen LogP contribution is -2.55. The van der Waals surface area contributed by atoms with Crippen LogP contribution in [0.15, 0.2) is 42.5 Å². The van der Waals surface area contributed by atoms with E-state index in [4.69, 9.17) is 0 Å². The zero-order valence-corrected chi connectivity index (χ0v) is 15.4. The largest absolute Gasteiger partial charge is 0.755 e. The van der Waals surface area contributed by atoms with Crippen molar-refractivity contribution in [2.75, 3.05) is 4.72 Å². The van der Waals surface area contributed by atoms with Crippen LogP contribution >= 0.6 is 0 Å². The maximum Gasteiger partial charge on any atom is 0.220 e. The maximum atomic E-state index is 11.8. The lowest BCUT2D eigenvalue weighted by atomic mass is 9.64. The zero-order chi connectivity index (χ0) is 18.3. The number of rotatable bonds is 3. The highest BCUT2D eigenvalue weighted by Crippen LogP contribution is 2.43. The van der Waals surface area contributed by atoms with Gasteiger partial charge >= 0.3 is 0 Å². The molecule has 2 aliphatic rings. The Bertz CT molecular complexity index is 881. The predicted molar refractivity (Wildman–Crippen MR) is 101 cm³/mol. The van der Waals surface area contributed by atoms with Crippen molar-refractivity contribution in [2.24, 2.45) is 0 Å². The van der Waals surface area contributed by atoms with Crippen LogP contribution in [0.3, 0.4) is 0 Å². The molecule has 4 rings (SSSR count).